The van der Waals surface area contributed by atoms with E-state index in [0.717, 1.165) is 10.8 Å². The zero-order chi connectivity index (χ0) is 11.5. The van der Waals surface area contributed by atoms with E-state index in [1.807, 2.05) is 0 Å². The molecule has 80 valence electrons. The standard InChI is InChI=1S/C12H11N3S/c1-8-3-9(2)5-10(4-8)15-12-14-7-11(6-13)16-12/h3-5,7H,1-2H3,(H,14,15). The van der Waals surface area contributed by atoms with Crippen LogP contribution in [0.5, 0.6) is 0 Å². The van der Waals surface area contributed by atoms with Gasteiger partial charge in [-0.05, 0) is 37.1 Å². The molecule has 0 amide bonds. The number of thiazole rings is 1. The SMILES string of the molecule is Cc1cc(C)cc(Nc2ncc(C#N)s2)c1. The summed E-state index contributed by atoms with van der Waals surface area (Å²) in [5, 5.41) is 12.6. The molecule has 0 fully saturated rings. The number of nitrogens with one attached hydrogen (secondary N) is 1. The van der Waals surface area contributed by atoms with E-state index in [1.165, 1.54) is 22.5 Å². The second-order valence-corrected chi connectivity index (χ2v) is 4.67. The van der Waals surface area contributed by atoms with Gasteiger partial charge in [-0.3, -0.25) is 0 Å². The van der Waals surface area contributed by atoms with Crippen molar-refractivity contribution in [2.75, 3.05) is 5.32 Å². The van der Waals surface area contributed by atoms with E-state index >= 15 is 0 Å². The number of hydrogen-bond acceptors (Lipinski definition) is 4. The number of nitriles is 1. The maximum atomic E-state index is 8.70. The molecule has 0 saturated heterocycles. The highest BCUT2D eigenvalue weighted by molar-refractivity contribution is 7.16. The van der Waals surface area contributed by atoms with Gasteiger partial charge in [0.15, 0.2) is 5.13 Å². The van der Waals surface area contributed by atoms with Crippen LogP contribution in [0.25, 0.3) is 0 Å². The van der Waals surface area contributed by atoms with E-state index in [2.05, 4.69) is 48.4 Å². The Morgan fingerprint density at radius 3 is 2.50 bits per heavy atom. The molecule has 0 saturated carbocycles. The highest BCUT2D eigenvalue weighted by atomic mass is 32.1. The molecule has 0 unspecified atom stereocenters. The molecule has 1 aromatic carbocycles. The minimum atomic E-state index is 0.617. The monoisotopic (exact) mass is 229 g/mol. The molecular formula is C12H11N3S. The van der Waals surface area contributed by atoms with Crippen molar-refractivity contribution in [2.45, 2.75) is 13.8 Å². The van der Waals surface area contributed by atoms with Crippen LogP contribution in [0.15, 0.2) is 24.4 Å². The number of benzene rings is 1. The van der Waals surface area contributed by atoms with Crippen LogP contribution in [-0.2, 0) is 0 Å². The van der Waals surface area contributed by atoms with Gasteiger partial charge in [-0.1, -0.05) is 17.4 Å². The van der Waals surface area contributed by atoms with E-state index in [9.17, 15) is 0 Å². The van der Waals surface area contributed by atoms with Gasteiger partial charge < -0.3 is 5.32 Å². The van der Waals surface area contributed by atoms with Gasteiger partial charge >= 0.3 is 0 Å². The Hall–Kier alpha value is -1.86. The average molecular weight is 229 g/mol. The van der Waals surface area contributed by atoms with Crippen LogP contribution < -0.4 is 5.32 Å². The maximum Gasteiger partial charge on any atom is 0.188 e. The van der Waals surface area contributed by atoms with Crippen molar-refractivity contribution in [2.24, 2.45) is 0 Å². The molecule has 1 aromatic heterocycles. The number of aryl methyl sites for hydroxylation is 2. The van der Waals surface area contributed by atoms with Crippen LogP contribution in [0.3, 0.4) is 0 Å². The van der Waals surface area contributed by atoms with Crippen LogP contribution in [0.2, 0.25) is 0 Å². The van der Waals surface area contributed by atoms with Gasteiger partial charge in [0.1, 0.15) is 10.9 Å². The molecule has 0 spiro atoms. The Kier molecular flexibility index (Phi) is 2.88. The molecular weight excluding hydrogens is 218 g/mol. The molecule has 0 radical (unpaired) electrons. The Morgan fingerprint density at radius 2 is 1.94 bits per heavy atom. The van der Waals surface area contributed by atoms with Crippen LogP contribution in [0.4, 0.5) is 10.8 Å². The van der Waals surface area contributed by atoms with E-state index in [4.69, 9.17) is 5.26 Å². The fourth-order valence-corrected chi connectivity index (χ4v) is 2.19. The fourth-order valence-electron chi connectivity index (χ4n) is 1.55. The van der Waals surface area contributed by atoms with Gasteiger partial charge in [-0.15, -0.1) is 0 Å². The molecule has 16 heavy (non-hydrogen) atoms. The zero-order valence-corrected chi connectivity index (χ0v) is 9.93. The lowest BCUT2D eigenvalue weighted by Gasteiger charge is -2.05. The fraction of sp³-hybridized carbons (Fsp3) is 0.167. The minimum Gasteiger partial charge on any atom is -0.332 e. The lowest BCUT2D eigenvalue weighted by Crippen LogP contribution is -1.90. The first-order valence-corrected chi connectivity index (χ1v) is 5.70. The van der Waals surface area contributed by atoms with Crippen molar-refractivity contribution in [3.05, 3.63) is 40.4 Å². The molecule has 2 rings (SSSR count). The van der Waals surface area contributed by atoms with Crippen LogP contribution in [0.1, 0.15) is 16.0 Å². The highest BCUT2D eigenvalue weighted by Gasteiger charge is 2.02. The quantitative estimate of drug-likeness (QED) is 0.858. The summed E-state index contributed by atoms with van der Waals surface area (Å²) in [5.74, 6) is 0. The first kappa shape index (κ1) is 10.7. The summed E-state index contributed by atoms with van der Waals surface area (Å²) in [4.78, 5) is 4.74. The summed E-state index contributed by atoms with van der Waals surface area (Å²) < 4.78 is 0. The smallest absolute Gasteiger partial charge is 0.188 e. The van der Waals surface area contributed by atoms with Crippen molar-refractivity contribution in [1.29, 1.82) is 5.26 Å². The second-order valence-electron chi connectivity index (χ2n) is 3.64. The average Bonchev–Trinajstić information content (AvgIpc) is 2.64. The number of anilines is 2. The highest BCUT2D eigenvalue weighted by Crippen LogP contribution is 2.23. The summed E-state index contributed by atoms with van der Waals surface area (Å²) in [6.45, 7) is 4.11. The number of nitrogens with zero attached hydrogens (tertiary/aromatic N) is 2. The van der Waals surface area contributed by atoms with Gasteiger partial charge in [0.05, 0.1) is 6.20 Å². The predicted molar refractivity (Wildman–Crippen MR) is 66.0 cm³/mol. The predicted octanol–water partition coefficient (Wildman–Crippen LogP) is 3.38. The number of hydrogen-bond donors (Lipinski definition) is 1. The molecule has 0 aliphatic rings. The molecule has 0 aliphatic carbocycles. The molecule has 3 nitrogen and oxygen atoms in total. The molecule has 2 aromatic rings. The first-order chi connectivity index (χ1) is 7.67. The summed E-state index contributed by atoms with van der Waals surface area (Å²) in [6.07, 6.45) is 1.58. The summed E-state index contributed by atoms with van der Waals surface area (Å²) in [7, 11) is 0. The number of rotatable bonds is 2. The summed E-state index contributed by atoms with van der Waals surface area (Å²) in [5.41, 5.74) is 3.43. The van der Waals surface area contributed by atoms with E-state index in [0.29, 0.717) is 4.88 Å². The largest absolute Gasteiger partial charge is 0.332 e. The molecule has 0 bridgehead atoms. The van der Waals surface area contributed by atoms with E-state index in [1.54, 1.807) is 6.20 Å². The van der Waals surface area contributed by atoms with Gasteiger partial charge in [0.25, 0.3) is 0 Å². The number of aromatic nitrogens is 1. The van der Waals surface area contributed by atoms with E-state index in [-0.39, 0.29) is 0 Å². The van der Waals surface area contributed by atoms with Crippen molar-refractivity contribution in [1.82, 2.24) is 4.98 Å². The lowest BCUT2D eigenvalue weighted by molar-refractivity contribution is 1.35. The third-order valence-corrected chi connectivity index (χ3v) is 2.91. The maximum absolute atomic E-state index is 8.70. The third kappa shape index (κ3) is 2.38. The van der Waals surface area contributed by atoms with E-state index < -0.39 is 0 Å². The van der Waals surface area contributed by atoms with Crippen LogP contribution in [-0.4, -0.2) is 4.98 Å². The molecule has 0 aliphatic heterocycles. The Balaban J connectivity index is 2.23. The van der Waals surface area contributed by atoms with Gasteiger partial charge in [0, 0.05) is 5.69 Å². The normalized spacial score (nSPS) is 9.81. The van der Waals surface area contributed by atoms with Gasteiger partial charge in [-0.2, -0.15) is 5.26 Å². The van der Waals surface area contributed by atoms with Gasteiger partial charge in [-0.25, -0.2) is 4.98 Å². The third-order valence-electron chi connectivity index (χ3n) is 2.09. The first-order valence-electron chi connectivity index (χ1n) is 4.88. The van der Waals surface area contributed by atoms with Crippen molar-refractivity contribution >= 4 is 22.2 Å². The van der Waals surface area contributed by atoms with Gasteiger partial charge in [0.2, 0.25) is 0 Å². The molecule has 1 heterocycles. The Bertz CT molecular complexity index is 531. The van der Waals surface area contributed by atoms with Crippen LogP contribution in [0, 0.1) is 25.2 Å². The second kappa shape index (κ2) is 4.33. The van der Waals surface area contributed by atoms with Crippen molar-refractivity contribution in [3.63, 3.8) is 0 Å². The molecule has 1 N–H and O–H groups in total. The minimum absolute atomic E-state index is 0.617. The summed E-state index contributed by atoms with van der Waals surface area (Å²) >= 11 is 1.36. The zero-order valence-electron chi connectivity index (χ0n) is 9.11. The van der Waals surface area contributed by atoms with Crippen molar-refractivity contribution < 1.29 is 0 Å². The molecule has 0 atom stereocenters. The molecule has 4 heteroatoms. The topological polar surface area (TPSA) is 48.7 Å². The lowest BCUT2D eigenvalue weighted by atomic mass is 10.1. The summed E-state index contributed by atoms with van der Waals surface area (Å²) in [6, 6.07) is 8.30. The van der Waals surface area contributed by atoms with Crippen LogP contribution >= 0.6 is 11.3 Å². The Morgan fingerprint density at radius 1 is 1.25 bits per heavy atom. The Labute approximate surface area is 98.4 Å². The van der Waals surface area contributed by atoms with Crippen molar-refractivity contribution in [3.8, 4) is 6.07 Å².